The van der Waals surface area contributed by atoms with E-state index in [0.717, 1.165) is 11.1 Å². The molecule has 2 heterocycles. The minimum atomic E-state index is -3.57. The van der Waals surface area contributed by atoms with Gasteiger partial charge in [0.05, 0.1) is 10.6 Å². The highest BCUT2D eigenvalue weighted by atomic mass is 32.2. The average Bonchev–Trinajstić information content (AvgIpc) is 2.83. The monoisotopic (exact) mass is 331 g/mol. The van der Waals surface area contributed by atoms with Crippen LogP contribution in [0.3, 0.4) is 0 Å². The Hall–Kier alpha value is -1.96. The summed E-state index contributed by atoms with van der Waals surface area (Å²) < 4.78 is 27.5. The number of nitrogens with one attached hydrogen (secondary N) is 1. The van der Waals surface area contributed by atoms with E-state index in [4.69, 9.17) is 0 Å². The van der Waals surface area contributed by atoms with Gasteiger partial charge in [-0.1, -0.05) is 12.1 Å². The third-order valence-electron chi connectivity index (χ3n) is 4.57. The molecule has 0 atom stereocenters. The van der Waals surface area contributed by atoms with Gasteiger partial charge in [0.15, 0.2) is 0 Å². The minimum absolute atomic E-state index is 0.0951. The zero-order valence-electron chi connectivity index (χ0n) is 12.7. The van der Waals surface area contributed by atoms with Gasteiger partial charge in [0.25, 0.3) is 5.91 Å². The van der Waals surface area contributed by atoms with Crippen molar-refractivity contribution in [2.24, 2.45) is 0 Å². The van der Waals surface area contributed by atoms with E-state index in [9.17, 15) is 13.2 Å². The first-order valence-corrected chi connectivity index (χ1v) is 9.00. The zero-order valence-corrected chi connectivity index (χ0v) is 13.6. The summed E-state index contributed by atoms with van der Waals surface area (Å²) in [5.41, 5.74) is 1.33. The molecule has 2 aromatic rings. The molecule has 0 bridgehead atoms. The molecule has 1 fully saturated rings. The molecule has 2 aromatic carbocycles. The Morgan fingerprint density at radius 2 is 1.83 bits per heavy atom. The number of benzene rings is 2. The predicted molar refractivity (Wildman–Crippen MR) is 88.3 cm³/mol. The van der Waals surface area contributed by atoms with E-state index in [1.165, 1.54) is 4.31 Å². The van der Waals surface area contributed by atoms with Crippen molar-refractivity contribution in [1.29, 1.82) is 0 Å². The molecule has 0 radical (unpaired) electrons. The van der Waals surface area contributed by atoms with Crippen LogP contribution in [0.5, 0.6) is 0 Å². The molecular formula is C16H17N3O3S. The van der Waals surface area contributed by atoms with Crippen LogP contribution in [-0.2, 0) is 10.0 Å². The highest BCUT2D eigenvalue weighted by Crippen LogP contribution is 2.39. The number of sulfonamides is 1. The Kier molecular flexibility index (Phi) is 3.19. The first-order chi connectivity index (χ1) is 11.0. The molecular weight excluding hydrogens is 314 g/mol. The minimum Gasteiger partial charge on any atom is -0.314 e. The zero-order chi connectivity index (χ0) is 16.2. The summed E-state index contributed by atoms with van der Waals surface area (Å²) in [6.45, 7) is 2.23. The van der Waals surface area contributed by atoms with Crippen molar-refractivity contribution in [2.75, 3.05) is 38.1 Å². The molecule has 120 valence electrons. The Balaban J connectivity index is 1.95. The molecule has 0 aliphatic carbocycles. The number of rotatable bonds is 2. The van der Waals surface area contributed by atoms with Gasteiger partial charge in [-0.2, -0.15) is 4.31 Å². The van der Waals surface area contributed by atoms with Gasteiger partial charge in [0, 0.05) is 49.6 Å². The van der Waals surface area contributed by atoms with Gasteiger partial charge in [0.1, 0.15) is 0 Å². The van der Waals surface area contributed by atoms with Crippen molar-refractivity contribution in [1.82, 2.24) is 9.62 Å². The van der Waals surface area contributed by atoms with E-state index in [2.05, 4.69) is 5.32 Å². The van der Waals surface area contributed by atoms with Crippen LogP contribution in [0.1, 0.15) is 10.4 Å². The molecule has 0 saturated carbocycles. The molecule has 1 saturated heterocycles. The van der Waals surface area contributed by atoms with E-state index in [-0.39, 0.29) is 10.8 Å². The van der Waals surface area contributed by atoms with Crippen LogP contribution in [0.2, 0.25) is 0 Å². The smallest absolute Gasteiger partial charge is 0.258 e. The number of amides is 1. The number of carbonyl (C=O) groups excluding carboxylic acids is 1. The Bertz CT molecular complexity index is 918. The predicted octanol–water partition coefficient (Wildman–Crippen LogP) is 1.02. The maximum absolute atomic E-state index is 13.0. The third kappa shape index (κ3) is 2.00. The van der Waals surface area contributed by atoms with Crippen LogP contribution in [-0.4, -0.2) is 51.9 Å². The molecule has 2 aliphatic heterocycles. The number of nitrogens with zero attached hydrogens (tertiary/aromatic N) is 2. The summed E-state index contributed by atoms with van der Waals surface area (Å²) >= 11 is 0. The standard InChI is InChI=1S/C16H17N3O3S/c1-18-13-5-6-14(23(21,22)19-9-7-17-8-10-19)11-3-2-4-12(15(11)13)16(18)20/h2-6,17H,7-10H2,1H3. The maximum atomic E-state index is 13.0. The van der Waals surface area contributed by atoms with Crippen molar-refractivity contribution in [3.63, 3.8) is 0 Å². The van der Waals surface area contributed by atoms with Gasteiger partial charge in [-0.3, -0.25) is 4.79 Å². The molecule has 0 aromatic heterocycles. The quantitative estimate of drug-likeness (QED) is 0.892. The summed E-state index contributed by atoms with van der Waals surface area (Å²) in [5.74, 6) is -0.0951. The molecule has 6 nitrogen and oxygen atoms in total. The summed E-state index contributed by atoms with van der Waals surface area (Å²) in [6.07, 6.45) is 0. The van der Waals surface area contributed by atoms with Crippen molar-refractivity contribution in [3.8, 4) is 0 Å². The average molecular weight is 331 g/mol. The molecule has 7 heteroatoms. The van der Waals surface area contributed by atoms with Crippen molar-refractivity contribution < 1.29 is 13.2 Å². The topological polar surface area (TPSA) is 69.7 Å². The normalized spacial score (nSPS) is 18.8. The van der Waals surface area contributed by atoms with Crippen molar-refractivity contribution >= 4 is 32.4 Å². The van der Waals surface area contributed by atoms with E-state index in [0.29, 0.717) is 37.1 Å². The highest BCUT2D eigenvalue weighted by Gasteiger charge is 2.32. The molecule has 0 spiro atoms. The van der Waals surface area contributed by atoms with Gasteiger partial charge < -0.3 is 10.2 Å². The summed E-state index contributed by atoms with van der Waals surface area (Å²) in [6, 6.07) is 8.62. The van der Waals surface area contributed by atoms with E-state index in [1.54, 1.807) is 42.3 Å². The molecule has 0 unspecified atom stereocenters. The molecule has 1 N–H and O–H groups in total. The van der Waals surface area contributed by atoms with Crippen molar-refractivity contribution in [2.45, 2.75) is 4.90 Å². The lowest BCUT2D eigenvalue weighted by atomic mass is 10.1. The van der Waals surface area contributed by atoms with Crippen LogP contribution < -0.4 is 10.2 Å². The van der Waals surface area contributed by atoms with Crippen LogP contribution >= 0.6 is 0 Å². The third-order valence-corrected chi connectivity index (χ3v) is 6.53. The summed E-state index contributed by atoms with van der Waals surface area (Å²) in [4.78, 5) is 14.1. The van der Waals surface area contributed by atoms with Crippen LogP contribution in [0.4, 0.5) is 5.69 Å². The van der Waals surface area contributed by atoms with Gasteiger partial charge in [-0.05, 0) is 18.2 Å². The molecule has 2 aliphatic rings. The largest absolute Gasteiger partial charge is 0.314 e. The van der Waals surface area contributed by atoms with Crippen molar-refractivity contribution in [3.05, 3.63) is 35.9 Å². The van der Waals surface area contributed by atoms with Crippen LogP contribution in [0.25, 0.3) is 10.8 Å². The number of piperazine rings is 1. The molecule has 23 heavy (non-hydrogen) atoms. The molecule has 4 rings (SSSR count). The second-order valence-electron chi connectivity index (χ2n) is 5.83. The molecule has 1 amide bonds. The number of carbonyl (C=O) groups is 1. The Morgan fingerprint density at radius 1 is 1.09 bits per heavy atom. The first-order valence-electron chi connectivity index (χ1n) is 7.56. The Morgan fingerprint density at radius 3 is 2.57 bits per heavy atom. The van der Waals surface area contributed by atoms with Crippen LogP contribution in [0.15, 0.2) is 35.2 Å². The lowest BCUT2D eigenvalue weighted by Gasteiger charge is -2.27. The van der Waals surface area contributed by atoms with Crippen LogP contribution in [0, 0.1) is 0 Å². The van der Waals surface area contributed by atoms with Gasteiger partial charge in [-0.15, -0.1) is 0 Å². The Labute approximate surface area is 134 Å². The van der Waals surface area contributed by atoms with Gasteiger partial charge >= 0.3 is 0 Å². The lowest BCUT2D eigenvalue weighted by molar-refractivity contribution is 0.0999. The van der Waals surface area contributed by atoms with E-state index >= 15 is 0 Å². The highest BCUT2D eigenvalue weighted by molar-refractivity contribution is 7.89. The SMILES string of the molecule is CN1C(=O)c2cccc3c(S(=O)(=O)N4CCNCC4)ccc1c23. The van der Waals surface area contributed by atoms with E-state index in [1.807, 2.05) is 0 Å². The fourth-order valence-corrected chi connectivity index (χ4v) is 4.99. The van der Waals surface area contributed by atoms with Gasteiger partial charge in [0.2, 0.25) is 10.0 Å². The number of hydrogen-bond donors (Lipinski definition) is 1. The second-order valence-corrected chi connectivity index (χ2v) is 7.74. The summed E-state index contributed by atoms with van der Waals surface area (Å²) in [5, 5.41) is 4.51. The summed E-state index contributed by atoms with van der Waals surface area (Å²) in [7, 11) is -1.86. The maximum Gasteiger partial charge on any atom is 0.258 e. The fraction of sp³-hybridized carbons (Fsp3) is 0.312. The number of anilines is 1. The second kappa shape index (κ2) is 5.02. The van der Waals surface area contributed by atoms with Gasteiger partial charge in [-0.25, -0.2) is 8.42 Å². The van der Waals surface area contributed by atoms with E-state index < -0.39 is 10.0 Å². The fourth-order valence-electron chi connectivity index (χ4n) is 3.36. The number of hydrogen-bond acceptors (Lipinski definition) is 4. The lowest BCUT2D eigenvalue weighted by Crippen LogP contribution is -2.46. The first kappa shape index (κ1) is 14.6.